The van der Waals surface area contributed by atoms with Crippen LogP contribution in [0.15, 0.2) is 66.7 Å². The van der Waals surface area contributed by atoms with Crippen molar-refractivity contribution in [3.8, 4) is 22.4 Å². The minimum atomic E-state index is -1.35. The molecule has 4 aromatic rings. The monoisotopic (exact) mass is 413 g/mol. The predicted octanol–water partition coefficient (Wildman–Crippen LogP) is 2.04. The van der Waals surface area contributed by atoms with Gasteiger partial charge in [-0.3, -0.25) is 0 Å². The van der Waals surface area contributed by atoms with Crippen LogP contribution in [0.25, 0.3) is 33.3 Å². The van der Waals surface area contributed by atoms with E-state index in [1.807, 2.05) is 48.5 Å². The quantitative estimate of drug-likeness (QED) is 0.483. The Morgan fingerprint density at radius 2 is 1.48 bits per heavy atom. The van der Waals surface area contributed by atoms with Crippen molar-refractivity contribution in [1.29, 1.82) is 0 Å². The number of benzene rings is 3. The van der Waals surface area contributed by atoms with Crippen molar-refractivity contribution in [2.45, 2.75) is 6.92 Å². The van der Waals surface area contributed by atoms with Gasteiger partial charge in [0.2, 0.25) is 0 Å². The molecule has 6 heteroatoms. The number of rotatable bonds is 3. The Kier molecular flexibility index (Phi) is 6.39. The summed E-state index contributed by atoms with van der Waals surface area (Å²) in [4.78, 5) is 16.3. The van der Waals surface area contributed by atoms with E-state index in [1.54, 1.807) is 6.92 Å². The van der Waals surface area contributed by atoms with Crippen LogP contribution in [0.5, 0.6) is 0 Å². The molecule has 1 aromatic heterocycles. The average molecular weight is 414 g/mol. The third kappa shape index (κ3) is 4.21. The number of fused-ring (bicyclic) bond motifs is 1. The molecule has 0 unspecified atom stereocenters. The summed E-state index contributed by atoms with van der Waals surface area (Å²) in [6.07, 6.45) is 0. The van der Waals surface area contributed by atoms with E-state index in [4.69, 9.17) is 11.6 Å². The summed E-state index contributed by atoms with van der Waals surface area (Å²) in [7, 11) is 0. The normalized spacial score (nSPS) is 10.6. The Morgan fingerprint density at radius 3 is 2.07 bits per heavy atom. The fourth-order valence-electron chi connectivity index (χ4n) is 3.34. The zero-order valence-corrected chi connectivity index (χ0v) is 18.6. The zero-order chi connectivity index (χ0) is 19.8. The number of halogens is 2. The largest absolute Gasteiger partial charge is 1.00 e. The summed E-state index contributed by atoms with van der Waals surface area (Å²) in [5, 5.41) is 12.6. The number of carboxylic acids is 1. The van der Waals surface area contributed by atoms with Gasteiger partial charge in [-0.15, -0.1) is 0 Å². The molecule has 138 valence electrons. The maximum atomic E-state index is 13.6. The summed E-state index contributed by atoms with van der Waals surface area (Å²) in [5.41, 5.74) is 4.12. The van der Waals surface area contributed by atoms with Crippen molar-refractivity contribution in [3.63, 3.8) is 0 Å². The third-order valence-electron chi connectivity index (χ3n) is 4.73. The van der Waals surface area contributed by atoms with Gasteiger partial charge in [-0.05, 0) is 53.9 Å². The predicted molar refractivity (Wildman–Crippen MR) is 107 cm³/mol. The van der Waals surface area contributed by atoms with E-state index in [9.17, 15) is 14.3 Å². The number of hydrogen-bond donors (Lipinski definition) is 0. The zero-order valence-electron chi connectivity index (χ0n) is 15.9. The van der Waals surface area contributed by atoms with E-state index in [1.165, 1.54) is 18.2 Å². The molecule has 0 radical (unpaired) electrons. The number of pyridine rings is 1. The minimum Gasteiger partial charge on any atom is -0.545 e. The van der Waals surface area contributed by atoms with E-state index in [2.05, 4.69) is 4.98 Å². The van der Waals surface area contributed by atoms with E-state index < -0.39 is 11.8 Å². The number of aromatic carboxylic acids is 1. The van der Waals surface area contributed by atoms with Gasteiger partial charge < -0.3 is 9.90 Å². The second-order valence-corrected chi connectivity index (χ2v) is 6.93. The summed E-state index contributed by atoms with van der Waals surface area (Å²) in [5.74, 6) is -1.87. The molecular weight excluding hydrogens is 400 g/mol. The van der Waals surface area contributed by atoms with Gasteiger partial charge in [0.05, 0.1) is 17.2 Å². The first-order valence-electron chi connectivity index (χ1n) is 8.61. The molecule has 0 aliphatic heterocycles. The molecule has 0 atom stereocenters. The maximum Gasteiger partial charge on any atom is 1.00 e. The average Bonchev–Trinajstić information content (AvgIpc) is 2.68. The molecule has 0 amide bonds. The number of carboxylic acid groups (broad SMARTS) is 1. The SMILES string of the molecule is Cc1c(-c2ccc(-c3ccc(Cl)cc3)cc2)nc2ccc(F)cc2c1C(=O)[O-].[Na+]. The molecule has 0 bridgehead atoms. The van der Waals surface area contributed by atoms with Crippen LogP contribution in [0.2, 0.25) is 5.02 Å². The van der Waals surface area contributed by atoms with Crippen LogP contribution >= 0.6 is 11.6 Å². The fourth-order valence-corrected chi connectivity index (χ4v) is 3.46. The second kappa shape index (κ2) is 8.64. The van der Waals surface area contributed by atoms with Gasteiger partial charge in [0, 0.05) is 21.5 Å². The summed E-state index contributed by atoms with van der Waals surface area (Å²) < 4.78 is 13.6. The molecule has 0 aliphatic carbocycles. The smallest absolute Gasteiger partial charge is 0.545 e. The van der Waals surface area contributed by atoms with E-state index >= 15 is 0 Å². The van der Waals surface area contributed by atoms with Gasteiger partial charge in [-0.2, -0.15) is 0 Å². The van der Waals surface area contributed by atoms with E-state index in [0.29, 0.717) is 21.8 Å². The Hall–Kier alpha value is -2.24. The maximum absolute atomic E-state index is 13.6. The van der Waals surface area contributed by atoms with Crippen molar-refractivity contribution in [2.75, 3.05) is 0 Å². The van der Waals surface area contributed by atoms with Crippen LogP contribution in [0.1, 0.15) is 15.9 Å². The van der Waals surface area contributed by atoms with Crippen LogP contribution in [0.3, 0.4) is 0 Å². The molecule has 3 aromatic carbocycles. The Bertz CT molecular complexity index is 1210. The molecule has 0 spiro atoms. The molecule has 0 saturated heterocycles. The molecule has 4 rings (SSSR count). The Morgan fingerprint density at radius 1 is 0.931 bits per heavy atom. The first-order chi connectivity index (χ1) is 13.4. The number of carbonyl (C=O) groups excluding carboxylic acids is 1. The molecule has 0 fully saturated rings. The first kappa shape index (κ1) is 21.5. The molecule has 0 saturated carbocycles. The van der Waals surface area contributed by atoms with Crippen LogP contribution in [-0.4, -0.2) is 11.0 Å². The van der Waals surface area contributed by atoms with Gasteiger partial charge >= 0.3 is 29.6 Å². The molecule has 0 aliphatic rings. The fraction of sp³-hybridized carbons (Fsp3) is 0.0435. The van der Waals surface area contributed by atoms with Crippen LogP contribution in [-0.2, 0) is 0 Å². The third-order valence-corrected chi connectivity index (χ3v) is 4.98. The number of carbonyl (C=O) groups is 1. The molecule has 0 N–H and O–H groups in total. The van der Waals surface area contributed by atoms with E-state index in [-0.39, 0.29) is 40.5 Å². The summed E-state index contributed by atoms with van der Waals surface area (Å²) in [6.45, 7) is 1.66. The van der Waals surface area contributed by atoms with Crippen molar-refractivity contribution in [1.82, 2.24) is 4.98 Å². The van der Waals surface area contributed by atoms with Crippen LogP contribution in [0.4, 0.5) is 4.39 Å². The van der Waals surface area contributed by atoms with Crippen molar-refractivity contribution in [2.24, 2.45) is 0 Å². The Balaban J connectivity index is 0.00000240. The standard InChI is InChI=1S/C23H15ClFNO2.Na/c1-13-21(23(27)28)19-12-18(25)10-11-20(19)26-22(13)16-4-2-14(3-5-16)15-6-8-17(24)9-7-15;/h2-12H,1H3,(H,27,28);/q;+1/p-1. The van der Waals surface area contributed by atoms with E-state index in [0.717, 1.165) is 16.7 Å². The number of hydrogen-bond acceptors (Lipinski definition) is 3. The van der Waals surface area contributed by atoms with Gasteiger partial charge in [-0.1, -0.05) is 48.0 Å². The van der Waals surface area contributed by atoms with Crippen molar-refractivity contribution in [3.05, 3.63) is 88.7 Å². The van der Waals surface area contributed by atoms with Crippen LogP contribution < -0.4 is 34.7 Å². The van der Waals surface area contributed by atoms with Gasteiger partial charge in [0.25, 0.3) is 0 Å². The number of nitrogens with zero attached hydrogens (tertiary/aromatic N) is 1. The number of aromatic nitrogens is 1. The summed E-state index contributed by atoms with van der Waals surface area (Å²) in [6, 6.07) is 19.1. The summed E-state index contributed by atoms with van der Waals surface area (Å²) >= 11 is 5.93. The topological polar surface area (TPSA) is 53.0 Å². The van der Waals surface area contributed by atoms with Gasteiger partial charge in [0.15, 0.2) is 0 Å². The second-order valence-electron chi connectivity index (χ2n) is 6.49. The van der Waals surface area contributed by atoms with Gasteiger partial charge in [-0.25, -0.2) is 9.37 Å². The minimum absolute atomic E-state index is 0. The van der Waals surface area contributed by atoms with Crippen molar-refractivity contribution >= 4 is 28.5 Å². The van der Waals surface area contributed by atoms with Gasteiger partial charge in [0.1, 0.15) is 5.82 Å². The molecule has 29 heavy (non-hydrogen) atoms. The molecule has 1 heterocycles. The first-order valence-corrected chi connectivity index (χ1v) is 8.99. The molecule has 3 nitrogen and oxygen atoms in total. The van der Waals surface area contributed by atoms with Crippen molar-refractivity contribution < 1.29 is 43.8 Å². The molecular formula is C23H14ClFNNaO2. The van der Waals surface area contributed by atoms with Crippen LogP contribution in [0, 0.1) is 12.7 Å². The Labute approximate surface area is 194 Å².